The zero-order valence-corrected chi connectivity index (χ0v) is 22.0. The minimum atomic E-state index is -3.64. The van der Waals surface area contributed by atoms with E-state index < -0.39 is 39.4 Å². The fraction of sp³-hybridized carbons (Fsp3) is 0.231. The number of nitrogens with one attached hydrogen (secondary N) is 2. The topological polar surface area (TPSA) is 143 Å². The number of fused-ring (bicyclic) bond motifs is 1. The molecule has 39 heavy (non-hydrogen) atoms. The Hall–Kier alpha value is -4.39. The normalized spacial score (nSPS) is 12.5. The minimum absolute atomic E-state index is 0.0780. The van der Waals surface area contributed by atoms with Crippen molar-refractivity contribution >= 4 is 32.7 Å². The first kappa shape index (κ1) is 27.6. The van der Waals surface area contributed by atoms with Gasteiger partial charge in [0.15, 0.2) is 0 Å². The average molecular weight is 558 g/mol. The number of aromatic nitrogens is 3. The third-order valence-corrected chi connectivity index (χ3v) is 6.40. The summed E-state index contributed by atoms with van der Waals surface area (Å²) in [5.41, 5.74) is 0.798. The van der Waals surface area contributed by atoms with Crippen LogP contribution in [0.25, 0.3) is 16.6 Å². The number of anilines is 1. The molecule has 1 unspecified atom stereocenters. The molecule has 2 aromatic heterocycles. The molecule has 13 heteroatoms. The maximum absolute atomic E-state index is 13.9. The number of carboxylic acid groups (broad SMARTS) is 1. The van der Waals surface area contributed by atoms with E-state index in [1.54, 1.807) is 12.1 Å². The lowest BCUT2D eigenvalue weighted by Crippen LogP contribution is -2.35. The SMILES string of the molecule is CC(C)c1ccc(-n2c(C(Cc3cc(F)cc(F)c3)NC(=O)O)nc3cc(NS(C)(=O)=O)ccc3c2=O)cn1. The van der Waals surface area contributed by atoms with Gasteiger partial charge in [-0.3, -0.25) is 19.1 Å². The Morgan fingerprint density at radius 1 is 1.08 bits per heavy atom. The summed E-state index contributed by atoms with van der Waals surface area (Å²) in [5, 5.41) is 12.0. The molecule has 0 radical (unpaired) electrons. The monoisotopic (exact) mass is 557 g/mol. The number of carbonyl (C=O) groups is 1. The number of rotatable bonds is 8. The molecule has 0 saturated carbocycles. The van der Waals surface area contributed by atoms with Crippen LogP contribution in [-0.2, 0) is 16.4 Å². The van der Waals surface area contributed by atoms with Gasteiger partial charge in [0, 0.05) is 18.2 Å². The van der Waals surface area contributed by atoms with Crippen molar-refractivity contribution in [3.63, 3.8) is 0 Å². The standard InChI is InChI=1S/C26H25F2N5O5S/c1-14(2)21-7-5-19(13-29-21)33-24(23(31-26(35)36)10-15-8-16(27)11-17(28)9-15)30-22-12-18(32-39(3,37)38)4-6-20(22)25(33)34/h4-9,11-14,23,31-32H,10H2,1-3H3,(H,35,36). The Labute approximate surface area is 222 Å². The number of hydrogen-bond donors (Lipinski definition) is 3. The quantitative estimate of drug-likeness (QED) is 0.296. The Bertz CT molecular complexity index is 1700. The highest BCUT2D eigenvalue weighted by Gasteiger charge is 2.24. The van der Waals surface area contributed by atoms with Gasteiger partial charge in [-0.15, -0.1) is 0 Å². The molecule has 4 aromatic rings. The molecular weight excluding hydrogens is 532 g/mol. The fourth-order valence-electron chi connectivity index (χ4n) is 4.16. The molecule has 3 N–H and O–H groups in total. The van der Waals surface area contributed by atoms with Crippen molar-refractivity contribution in [2.75, 3.05) is 11.0 Å². The van der Waals surface area contributed by atoms with Crippen molar-refractivity contribution in [2.24, 2.45) is 0 Å². The molecular formula is C26H25F2N5O5S. The van der Waals surface area contributed by atoms with Crippen molar-refractivity contribution in [2.45, 2.75) is 32.2 Å². The molecule has 0 saturated heterocycles. The molecule has 2 heterocycles. The number of benzene rings is 2. The van der Waals surface area contributed by atoms with E-state index in [2.05, 4.69) is 20.0 Å². The van der Waals surface area contributed by atoms with Crippen LogP contribution in [0.1, 0.15) is 42.9 Å². The Morgan fingerprint density at radius 2 is 1.77 bits per heavy atom. The number of nitrogens with zero attached hydrogens (tertiary/aromatic N) is 3. The molecule has 0 fully saturated rings. The largest absolute Gasteiger partial charge is 0.465 e. The van der Waals surface area contributed by atoms with Crippen LogP contribution in [0.3, 0.4) is 0 Å². The maximum atomic E-state index is 13.9. The summed E-state index contributed by atoms with van der Waals surface area (Å²) in [6, 6.07) is 9.05. The predicted octanol–water partition coefficient (Wildman–Crippen LogP) is 4.11. The Balaban J connectivity index is 1.98. The van der Waals surface area contributed by atoms with Gasteiger partial charge in [0.2, 0.25) is 10.0 Å². The first-order valence-corrected chi connectivity index (χ1v) is 13.6. The van der Waals surface area contributed by atoms with Crippen LogP contribution >= 0.6 is 0 Å². The highest BCUT2D eigenvalue weighted by atomic mass is 32.2. The molecule has 10 nitrogen and oxygen atoms in total. The minimum Gasteiger partial charge on any atom is -0.465 e. The van der Waals surface area contributed by atoms with Gasteiger partial charge >= 0.3 is 6.09 Å². The van der Waals surface area contributed by atoms with Gasteiger partial charge in [0.05, 0.1) is 40.8 Å². The van der Waals surface area contributed by atoms with Gasteiger partial charge in [-0.1, -0.05) is 13.8 Å². The summed E-state index contributed by atoms with van der Waals surface area (Å²) in [6.07, 6.45) is 0.705. The third-order valence-electron chi connectivity index (χ3n) is 5.79. The molecule has 1 atom stereocenters. The van der Waals surface area contributed by atoms with E-state index in [0.717, 1.165) is 24.1 Å². The van der Waals surface area contributed by atoms with Gasteiger partial charge in [0.1, 0.15) is 17.5 Å². The van der Waals surface area contributed by atoms with Crippen LogP contribution in [0.4, 0.5) is 19.3 Å². The average Bonchev–Trinajstić information content (AvgIpc) is 2.81. The number of hydrogen-bond acceptors (Lipinski definition) is 6. The van der Waals surface area contributed by atoms with Crippen molar-refractivity contribution in [3.05, 3.63) is 93.8 Å². The van der Waals surface area contributed by atoms with Gasteiger partial charge in [-0.05, 0) is 53.9 Å². The zero-order valence-electron chi connectivity index (χ0n) is 21.1. The van der Waals surface area contributed by atoms with E-state index >= 15 is 0 Å². The van der Waals surface area contributed by atoms with E-state index in [9.17, 15) is 31.9 Å². The van der Waals surface area contributed by atoms with E-state index in [1.165, 1.54) is 29.0 Å². The molecule has 1 amide bonds. The molecule has 0 bridgehead atoms. The van der Waals surface area contributed by atoms with E-state index in [-0.39, 0.29) is 46.0 Å². The van der Waals surface area contributed by atoms with Gasteiger partial charge < -0.3 is 10.4 Å². The predicted molar refractivity (Wildman–Crippen MR) is 142 cm³/mol. The lowest BCUT2D eigenvalue weighted by atomic mass is 10.0. The summed E-state index contributed by atoms with van der Waals surface area (Å²) in [6.45, 7) is 3.90. The zero-order chi connectivity index (χ0) is 28.5. The molecule has 204 valence electrons. The second-order valence-corrected chi connectivity index (χ2v) is 11.0. The molecule has 0 aliphatic heterocycles. The van der Waals surface area contributed by atoms with Crippen molar-refractivity contribution < 1.29 is 27.1 Å². The molecule has 0 aliphatic rings. The van der Waals surface area contributed by atoms with Crippen molar-refractivity contribution in [1.29, 1.82) is 0 Å². The second kappa shape index (κ2) is 10.8. The molecule has 2 aromatic carbocycles. The third kappa shape index (κ3) is 6.55. The molecule has 0 aliphatic carbocycles. The van der Waals surface area contributed by atoms with E-state index in [0.29, 0.717) is 6.07 Å². The Morgan fingerprint density at radius 3 is 2.33 bits per heavy atom. The van der Waals surface area contributed by atoms with Gasteiger partial charge in [0.25, 0.3) is 5.56 Å². The van der Waals surface area contributed by atoms with Crippen LogP contribution < -0.4 is 15.6 Å². The summed E-state index contributed by atoms with van der Waals surface area (Å²) in [5.74, 6) is -1.69. The van der Waals surface area contributed by atoms with Crippen molar-refractivity contribution in [1.82, 2.24) is 19.9 Å². The summed E-state index contributed by atoms with van der Waals surface area (Å²) in [4.78, 5) is 34.5. The van der Waals surface area contributed by atoms with Gasteiger partial charge in [-0.25, -0.2) is 27.0 Å². The van der Waals surface area contributed by atoms with Crippen LogP contribution in [0, 0.1) is 11.6 Å². The van der Waals surface area contributed by atoms with Crippen LogP contribution in [0.2, 0.25) is 0 Å². The summed E-state index contributed by atoms with van der Waals surface area (Å²) in [7, 11) is -3.64. The first-order chi connectivity index (χ1) is 18.3. The van der Waals surface area contributed by atoms with Crippen LogP contribution in [0.5, 0.6) is 0 Å². The van der Waals surface area contributed by atoms with E-state index in [4.69, 9.17) is 0 Å². The summed E-state index contributed by atoms with van der Waals surface area (Å²) < 4.78 is 54.8. The number of pyridine rings is 1. The second-order valence-electron chi connectivity index (χ2n) is 9.30. The highest BCUT2D eigenvalue weighted by molar-refractivity contribution is 7.92. The smallest absolute Gasteiger partial charge is 0.405 e. The Kier molecular flexibility index (Phi) is 7.63. The van der Waals surface area contributed by atoms with Crippen LogP contribution in [-0.4, -0.2) is 40.4 Å². The molecule has 4 rings (SSSR count). The fourth-order valence-corrected chi connectivity index (χ4v) is 4.71. The maximum Gasteiger partial charge on any atom is 0.405 e. The highest BCUT2D eigenvalue weighted by Crippen LogP contribution is 2.25. The lowest BCUT2D eigenvalue weighted by Gasteiger charge is -2.22. The number of sulfonamides is 1. The van der Waals surface area contributed by atoms with Crippen LogP contribution in [0.15, 0.2) is 59.5 Å². The van der Waals surface area contributed by atoms with E-state index in [1.807, 2.05) is 13.8 Å². The number of amides is 1. The first-order valence-electron chi connectivity index (χ1n) is 11.8. The number of halogens is 2. The van der Waals surface area contributed by atoms with Crippen molar-refractivity contribution in [3.8, 4) is 5.69 Å². The summed E-state index contributed by atoms with van der Waals surface area (Å²) >= 11 is 0. The van der Waals surface area contributed by atoms with Gasteiger partial charge in [-0.2, -0.15) is 0 Å². The lowest BCUT2D eigenvalue weighted by molar-refractivity contribution is 0.189. The molecule has 0 spiro atoms.